The summed E-state index contributed by atoms with van der Waals surface area (Å²) in [6.45, 7) is 0.735. The molecule has 0 radical (unpaired) electrons. The highest BCUT2D eigenvalue weighted by atomic mass is 35.5. The molecule has 0 unspecified atom stereocenters. The molecule has 1 fully saturated rings. The molecule has 0 aromatic heterocycles. The molecule has 126 valence electrons. The fraction of sp³-hybridized carbons (Fsp3) is 0.278. The number of hydrogen-bond acceptors (Lipinski definition) is 3. The topological polar surface area (TPSA) is 66.6 Å². The zero-order valence-corrected chi connectivity index (χ0v) is 13.8. The molecular weight excluding hydrogens is 331 g/mol. The van der Waals surface area contributed by atoms with Crippen molar-refractivity contribution in [2.45, 2.75) is 18.4 Å². The Labute approximate surface area is 144 Å². The van der Waals surface area contributed by atoms with E-state index < -0.39 is 11.4 Å². The lowest BCUT2D eigenvalue weighted by molar-refractivity contribution is -0.0210. The highest BCUT2D eigenvalue weighted by molar-refractivity contribution is 6.31. The number of nitrogens with two attached hydrogens (primary N) is 1. The molecule has 1 aliphatic rings. The minimum Gasteiger partial charge on any atom is -0.396 e. The molecule has 1 amide bonds. The number of anilines is 1. The van der Waals surface area contributed by atoms with Crippen LogP contribution < -0.4 is 5.73 Å². The van der Waals surface area contributed by atoms with Gasteiger partial charge < -0.3 is 15.7 Å². The molecule has 2 aromatic rings. The Morgan fingerprint density at radius 3 is 2.50 bits per heavy atom. The summed E-state index contributed by atoms with van der Waals surface area (Å²) < 4.78 is 13.5. The van der Waals surface area contributed by atoms with Crippen molar-refractivity contribution in [3.63, 3.8) is 0 Å². The molecule has 6 heteroatoms. The third-order valence-corrected chi connectivity index (χ3v) is 4.83. The fourth-order valence-corrected chi connectivity index (χ4v) is 3.34. The number of nitrogens with zero attached hydrogens (tertiary/aromatic N) is 1. The lowest BCUT2D eigenvalue weighted by Gasteiger charge is -2.39. The van der Waals surface area contributed by atoms with Crippen LogP contribution in [0.1, 0.15) is 28.8 Å². The molecule has 3 N–H and O–H groups in total. The van der Waals surface area contributed by atoms with Crippen molar-refractivity contribution < 1.29 is 14.3 Å². The summed E-state index contributed by atoms with van der Waals surface area (Å²) in [5, 5.41) is 11.4. The molecule has 2 aromatic carbocycles. The van der Waals surface area contributed by atoms with Crippen LogP contribution in [-0.2, 0) is 5.60 Å². The van der Waals surface area contributed by atoms with Crippen molar-refractivity contribution in [3.8, 4) is 0 Å². The molecule has 0 aliphatic carbocycles. The van der Waals surface area contributed by atoms with Gasteiger partial charge in [0.1, 0.15) is 5.82 Å². The first-order valence-electron chi connectivity index (χ1n) is 7.72. The number of hydrogen-bond donors (Lipinski definition) is 2. The molecule has 3 rings (SSSR count). The van der Waals surface area contributed by atoms with Gasteiger partial charge in [-0.1, -0.05) is 29.8 Å². The molecule has 24 heavy (non-hydrogen) atoms. The summed E-state index contributed by atoms with van der Waals surface area (Å²) in [6.07, 6.45) is 0.750. The second kappa shape index (κ2) is 6.42. The van der Waals surface area contributed by atoms with Crippen LogP contribution in [0.4, 0.5) is 10.1 Å². The van der Waals surface area contributed by atoms with E-state index in [1.54, 1.807) is 17.0 Å². The van der Waals surface area contributed by atoms with Crippen LogP contribution in [0.25, 0.3) is 0 Å². The van der Waals surface area contributed by atoms with E-state index in [4.69, 9.17) is 17.3 Å². The van der Waals surface area contributed by atoms with E-state index in [1.807, 2.05) is 12.1 Å². The Hall–Kier alpha value is -2.11. The summed E-state index contributed by atoms with van der Waals surface area (Å²) in [4.78, 5) is 14.1. The van der Waals surface area contributed by atoms with Crippen molar-refractivity contribution in [1.82, 2.24) is 4.90 Å². The Balaban J connectivity index is 1.74. The van der Waals surface area contributed by atoms with E-state index in [0.29, 0.717) is 36.5 Å². The Bertz CT molecular complexity index is 773. The van der Waals surface area contributed by atoms with Crippen LogP contribution in [0.3, 0.4) is 0 Å². The average molecular weight is 349 g/mol. The van der Waals surface area contributed by atoms with Gasteiger partial charge in [-0.3, -0.25) is 4.79 Å². The van der Waals surface area contributed by atoms with Gasteiger partial charge in [-0.15, -0.1) is 0 Å². The maximum absolute atomic E-state index is 13.5. The van der Waals surface area contributed by atoms with Gasteiger partial charge in [0.2, 0.25) is 0 Å². The predicted octanol–water partition coefficient (Wildman–Crippen LogP) is 3.19. The summed E-state index contributed by atoms with van der Waals surface area (Å²) >= 11 is 6.18. The Kier molecular flexibility index (Phi) is 4.47. The van der Waals surface area contributed by atoms with E-state index in [1.165, 1.54) is 12.1 Å². The van der Waals surface area contributed by atoms with Gasteiger partial charge in [0, 0.05) is 29.2 Å². The van der Waals surface area contributed by atoms with E-state index in [9.17, 15) is 14.3 Å². The summed E-state index contributed by atoms with van der Waals surface area (Å²) in [6, 6.07) is 11.2. The smallest absolute Gasteiger partial charge is 0.253 e. The average Bonchev–Trinajstić information content (AvgIpc) is 2.58. The minimum absolute atomic E-state index is 0.0123. The SMILES string of the molecule is Nc1ccc(C(=O)N2CCC(O)(c3ccccc3Cl)CC2)cc1F. The Morgan fingerprint density at radius 2 is 1.88 bits per heavy atom. The first-order valence-corrected chi connectivity index (χ1v) is 8.10. The third-order valence-electron chi connectivity index (χ3n) is 4.50. The second-order valence-corrected chi connectivity index (χ2v) is 6.45. The van der Waals surface area contributed by atoms with Crippen LogP contribution >= 0.6 is 11.6 Å². The molecule has 1 aliphatic heterocycles. The van der Waals surface area contributed by atoms with Gasteiger partial charge >= 0.3 is 0 Å². The van der Waals surface area contributed by atoms with Crippen molar-refractivity contribution in [2.24, 2.45) is 0 Å². The van der Waals surface area contributed by atoms with E-state index in [-0.39, 0.29) is 17.2 Å². The van der Waals surface area contributed by atoms with E-state index >= 15 is 0 Å². The first-order chi connectivity index (χ1) is 11.4. The predicted molar refractivity (Wildman–Crippen MR) is 91.3 cm³/mol. The van der Waals surface area contributed by atoms with Gasteiger partial charge in [-0.2, -0.15) is 0 Å². The van der Waals surface area contributed by atoms with Crippen LogP contribution in [0.5, 0.6) is 0 Å². The summed E-state index contributed by atoms with van der Waals surface area (Å²) in [7, 11) is 0. The van der Waals surface area contributed by atoms with Gasteiger partial charge in [0.15, 0.2) is 0 Å². The molecule has 4 nitrogen and oxygen atoms in total. The fourth-order valence-electron chi connectivity index (χ4n) is 3.03. The van der Waals surface area contributed by atoms with Gasteiger partial charge in [0.25, 0.3) is 5.91 Å². The van der Waals surface area contributed by atoms with Gasteiger partial charge in [-0.05, 0) is 37.1 Å². The lowest BCUT2D eigenvalue weighted by atomic mass is 9.84. The monoisotopic (exact) mass is 348 g/mol. The number of nitrogen functional groups attached to an aromatic ring is 1. The molecule has 0 atom stereocenters. The first kappa shape index (κ1) is 16.7. The maximum atomic E-state index is 13.5. The highest BCUT2D eigenvalue weighted by Crippen LogP contribution is 2.37. The number of amides is 1. The quantitative estimate of drug-likeness (QED) is 0.819. The number of likely N-dealkylation sites (tertiary alicyclic amines) is 1. The number of aliphatic hydroxyl groups is 1. The third kappa shape index (κ3) is 3.09. The number of carbonyl (C=O) groups is 1. The van der Waals surface area contributed by atoms with Crippen molar-refractivity contribution in [2.75, 3.05) is 18.8 Å². The van der Waals surface area contributed by atoms with Crippen LogP contribution in [0.15, 0.2) is 42.5 Å². The molecule has 0 bridgehead atoms. The maximum Gasteiger partial charge on any atom is 0.253 e. The number of carbonyl (C=O) groups excluding carboxylic acids is 1. The number of piperidine rings is 1. The van der Waals surface area contributed by atoms with Crippen LogP contribution in [0, 0.1) is 5.82 Å². The molecule has 0 saturated carbocycles. The lowest BCUT2D eigenvalue weighted by Crippen LogP contribution is -2.45. The van der Waals surface area contributed by atoms with Crippen molar-refractivity contribution in [3.05, 3.63) is 64.4 Å². The van der Waals surface area contributed by atoms with Gasteiger partial charge in [0.05, 0.1) is 11.3 Å². The van der Waals surface area contributed by atoms with Crippen LogP contribution in [0.2, 0.25) is 5.02 Å². The zero-order chi connectivity index (χ0) is 17.3. The normalized spacial score (nSPS) is 16.9. The van der Waals surface area contributed by atoms with E-state index in [0.717, 1.165) is 6.07 Å². The highest BCUT2D eigenvalue weighted by Gasteiger charge is 2.36. The van der Waals surface area contributed by atoms with Crippen molar-refractivity contribution >= 4 is 23.2 Å². The van der Waals surface area contributed by atoms with Crippen LogP contribution in [-0.4, -0.2) is 29.0 Å². The number of rotatable bonds is 2. The summed E-state index contributed by atoms with van der Waals surface area (Å²) in [5.41, 5.74) is 5.33. The minimum atomic E-state index is -1.05. The molecular formula is C18H18ClFN2O2. The molecule has 1 saturated heterocycles. The molecule has 1 heterocycles. The Morgan fingerprint density at radius 1 is 1.21 bits per heavy atom. The zero-order valence-electron chi connectivity index (χ0n) is 13.0. The molecule has 0 spiro atoms. The number of halogens is 2. The second-order valence-electron chi connectivity index (χ2n) is 6.04. The number of benzene rings is 2. The van der Waals surface area contributed by atoms with Crippen molar-refractivity contribution in [1.29, 1.82) is 0 Å². The largest absolute Gasteiger partial charge is 0.396 e. The summed E-state index contributed by atoms with van der Waals surface area (Å²) in [5.74, 6) is -0.874. The van der Waals surface area contributed by atoms with E-state index in [2.05, 4.69) is 0 Å². The standard InChI is InChI=1S/C18H18ClFN2O2/c19-14-4-2-1-3-13(14)18(24)7-9-22(10-8-18)17(23)12-5-6-16(21)15(20)11-12/h1-6,11,24H,7-10,21H2. The van der Waals surface area contributed by atoms with Gasteiger partial charge in [-0.25, -0.2) is 4.39 Å².